The average Bonchev–Trinajstić information content (AvgIpc) is 3.68. The molecule has 4 aliphatic carbocycles. The van der Waals surface area contributed by atoms with Crippen molar-refractivity contribution < 1.29 is 83.9 Å². The van der Waals surface area contributed by atoms with Gasteiger partial charge < -0.3 is 83.9 Å². The van der Waals surface area contributed by atoms with E-state index in [1.54, 1.807) is 0 Å². The van der Waals surface area contributed by atoms with E-state index in [0.29, 0.717) is 30.1 Å². The highest BCUT2D eigenvalue weighted by molar-refractivity contribution is 5.29. The van der Waals surface area contributed by atoms with Crippen LogP contribution in [0, 0.1) is 46.3 Å². The van der Waals surface area contributed by atoms with E-state index < -0.39 is 123 Å². The Hall–Kier alpha value is -0.940. The Morgan fingerprint density at radius 3 is 2.20 bits per heavy atom. The molecule has 5 saturated heterocycles. The Morgan fingerprint density at radius 2 is 1.48 bits per heavy atom. The van der Waals surface area contributed by atoms with Crippen LogP contribution in [0.25, 0.3) is 0 Å². The van der Waals surface area contributed by atoms with Crippen molar-refractivity contribution in [3.8, 4) is 0 Å². The zero-order valence-corrected chi connectivity index (χ0v) is 35.9. The minimum Gasteiger partial charge on any atom is -0.394 e. The van der Waals surface area contributed by atoms with Crippen molar-refractivity contribution in [1.82, 2.24) is 0 Å². The molecule has 8 fully saturated rings. The summed E-state index contributed by atoms with van der Waals surface area (Å²) in [4.78, 5) is 0. The highest BCUT2D eigenvalue weighted by Gasteiger charge is 2.70. The second kappa shape index (κ2) is 16.7. The van der Waals surface area contributed by atoms with Crippen molar-refractivity contribution in [2.45, 2.75) is 196 Å². The molecule has 26 atom stereocenters. The maximum atomic E-state index is 11.7. The molecular formula is C44H70O17. The molecule has 3 saturated carbocycles. The van der Waals surface area contributed by atoms with Crippen LogP contribution in [0.1, 0.15) is 86.0 Å². The van der Waals surface area contributed by atoms with Gasteiger partial charge in [-0.3, -0.25) is 0 Å². The Balaban J connectivity index is 1.02. The number of allylic oxidation sites excluding steroid dienone is 1. The Bertz CT molecular complexity index is 1590. The summed E-state index contributed by atoms with van der Waals surface area (Å²) in [7, 11) is 0. The number of fused-ring (bicyclic) bond motifs is 7. The second-order valence-electron chi connectivity index (χ2n) is 20.7. The minimum absolute atomic E-state index is 0.0410. The molecule has 348 valence electrons. The Labute approximate surface area is 357 Å². The summed E-state index contributed by atoms with van der Waals surface area (Å²) in [5, 5.41) is 97.4. The summed E-state index contributed by atoms with van der Waals surface area (Å²) in [6.07, 6.45) is -14.0. The Morgan fingerprint density at radius 1 is 0.738 bits per heavy atom. The lowest BCUT2D eigenvalue weighted by Gasteiger charge is -2.61. The van der Waals surface area contributed by atoms with Crippen LogP contribution in [-0.2, 0) is 37.9 Å². The molecule has 0 radical (unpaired) electrons. The summed E-state index contributed by atoms with van der Waals surface area (Å²) in [6.45, 7) is 10.3. The van der Waals surface area contributed by atoms with Gasteiger partial charge in [0.2, 0.25) is 0 Å². The molecule has 9 N–H and O–H groups in total. The third-order valence-corrected chi connectivity index (χ3v) is 17.4. The van der Waals surface area contributed by atoms with Crippen LogP contribution in [0.3, 0.4) is 0 Å². The van der Waals surface area contributed by atoms with Crippen LogP contribution in [0.2, 0.25) is 0 Å². The molecule has 0 amide bonds. The van der Waals surface area contributed by atoms with Gasteiger partial charge in [-0.15, -0.1) is 0 Å². The summed E-state index contributed by atoms with van der Waals surface area (Å²) >= 11 is 0. The number of aliphatic hydroxyl groups is 9. The van der Waals surface area contributed by atoms with E-state index in [4.69, 9.17) is 37.9 Å². The van der Waals surface area contributed by atoms with E-state index >= 15 is 0 Å². The third-order valence-electron chi connectivity index (χ3n) is 17.4. The monoisotopic (exact) mass is 870 g/mol. The molecule has 1 spiro atoms. The van der Waals surface area contributed by atoms with Crippen molar-refractivity contribution in [2.24, 2.45) is 46.3 Å². The van der Waals surface area contributed by atoms with Crippen LogP contribution in [0.4, 0.5) is 0 Å². The van der Waals surface area contributed by atoms with Gasteiger partial charge in [0.05, 0.1) is 44.2 Å². The number of hydrogen-bond donors (Lipinski definition) is 9. The molecule has 0 bridgehead atoms. The molecule has 0 aromatic carbocycles. The summed E-state index contributed by atoms with van der Waals surface area (Å²) in [5.74, 6) is 1.47. The predicted octanol–water partition coefficient (Wildman–Crippen LogP) is -0.176. The maximum Gasteiger partial charge on any atom is 0.187 e. The van der Waals surface area contributed by atoms with E-state index in [0.717, 1.165) is 50.7 Å². The molecule has 17 heteroatoms. The van der Waals surface area contributed by atoms with Gasteiger partial charge in [0, 0.05) is 24.2 Å². The van der Waals surface area contributed by atoms with Crippen molar-refractivity contribution in [3.63, 3.8) is 0 Å². The minimum atomic E-state index is -1.77. The second-order valence-corrected chi connectivity index (χ2v) is 20.7. The first kappa shape index (κ1) is 45.2. The molecule has 0 unspecified atom stereocenters. The summed E-state index contributed by atoms with van der Waals surface area (Å²) in [6, 6.07) is 0. The van der Waals surface area contributed by atoms with Crippen LogP contribution in [-0.4, -0.2) is 176 Å². The SMILES string of the molecule is C[C@@H]1CC[C@]2(OC1)O[C@H]1C[C@H]3[C@@H]4CC=C5C[C@@H](O)C[C@@H](O[C@@H]6O[C@H](CO)[C@@H](O)[C@H](O[C@@H]7OC[C@@H](O)[C@H](O)[C@H]7O)[C@H]6O[C@@H]6O[C@@H](C)[C@H](O)[C@@H](O)[C@H]6O)[C@]5(C)[C@H]4CC[C@]3(C)[C@H]1[C@@H]2C. The first-order valence-corrected chi connectivity index (χ1v) is 22.9. The topological polar surface area (TPSA) is 256 Å². The normalized spacial score (nSPS) is 58.4. The van der Waals surface area contributed by atoms with Gasteiger partial charge in [0.1, 0.15) is 61.0 Å². The van der Waals surface area contributed by atoms with Crippen LogP contribution in [0.15, 0.2) is 11.6 Å². The number of ether oxygens (including phenoxy) is 8. The molecule has 5 heterocycles. The lowest BCUT2D eigenvalue weighted by molar-refractivity contribution is -0.393. The average molecular weight is 871 g/mol. The molecule has 17 nitrogen and oxygen atoms in total. The van der Waals surface area contributed by atoms with Crippen LogP contribution in [0.5, 0.6) is 0 Å². The van der Waals surface area contributed by atoms with Gasteiger partial charge in [-0.05, 0) is 80.5 Å². The van der Waals surface area contributed by atoms with Crippen LogP contribution < -0.4 is 0 Å². The van der Waals surface area contributed by atoms with Gasteiger partial charge in [-0.2, -0.15) is 0 Å². The van der Waals surface area contributed by atoms with E-state index in [1.165, 1.54) is 6.92 Å². The zero-order valence-electron chi connectivity index (χ0n) is 35.9. The molecule has 5 aliphatic heterocycles. The fourth-order valence-electron chi connectivity index (χ4n) is 13.8. The lowest BCUT2D eigenvalue weighted by Crippen LogP contribution is -2.67. The molecular weight excluding hydrogens is 800 g/mol. The first-order chi connectivity index (χ1) is 28.9. The van der Waals surface area contributed by atoms with Gasteiger partial charge in [-0.1, -0.05) is 39.3 Å². The standard InChI is InChI=1S/C44H70O17/c1-18-8-11-44(55-16-18)19(2)30-27(61-44)14-25-23-7-6-21-12-22(46)13-29(43(21,5)24(23)9-10-42(25,30)4)58-41-38(60-40-36(53)34(51)31(48)20(3)56-40)37(33(50)28(15-45)57-41)59-39-35(52)32(49)26(47)17-54-39/h6,18-20,22-41,45-53H,7-17H2,1-5H3/t18-,19+,20+,22-,23-,24+,25+,26-,27+,28-,29-,30+,31+,32+,33-,34-,35-,36-,37+,38-,39+,40+,41+,42+,43+,44+/m1/s1. The van der Waals surface area contributed by atoms with Gasteiger partial charge >= 0.3 is 0 Å². The van der Waals surface area contributed by atoms with E-state index in [2.05, 4.69) is 33.8 Å². The van der Waals surface area contributed by atoms with Gasteiger partial charge in [0.15, 0.2) is 24.7 Å². The van der Waals surface area contributed by atoms with Gasteiger partial charge in [0.25, 0.3) is 0 Å². The van der Waals surface area contributed by atoms with Crippen molar-refractivity contribution >= 4 is 0 Å². The lowest BCUT2D eigenvalue weighted by atomic mass is 9.46. The maximum absolute atomic E-state index is 11.7. The Kier molecular flexibility index (Phi) is 12.4. The quantitative estimate of drug-likeness (QED) is 0.151. The largest absolute Gasteiger partial charge is 0.394 e. The number of hydrogen-bond acceptors (Lipinski definition) is 17. The van der Waals surface area contributed by atoms with E-state index in [-0.39, 0.29) is 29.8 Å². The summed E-state index contributed by atoms with van der Waals surface area (Å²) < 4.78 is 50.8. The van der Waals surface area contributed by atoms with E-state index in [9.17, 15) is 46.0 Å². The van der Waals surface area contributed by atoms with E-state index in [1.807, 2.05) is 0 Å². The predicted molar refractivity (Wildman–Crippen MR) is 210 cm³/mol. The third kappa shape index (κ3) is 7.32. The molecule has 0 aromatic rings. The fraction of sp³-hybridized carbons (Fsp3) is 0.955. The van der Waals surface area contributed by atoms with Crippen LogP contribution >= 0.6 is 0 Å². The first-order valence-electron chi connectivity index (χ1n) is 22.9. The van der Waals surface area contributed by atoms with Crippen molar-refractivity contribution in [2.75, 3.05) is 19.8 Å². The van der Waals surface area contributed by atoms with Crippen molar-refractivity contribution in [3.05, 3.63) is 11.6 Å². The highest BCUT2D eigenvalue weighted by Crippen LogP contribution is 2.71. The molecule has 61 heavy (non-hydrogen) atoms. The smallest absolute Gasteiger partial charge is 0.187 e. The van der Waals surface area contributed by atoms with Gasteiger partial charge in [-0.25, -0.2) is 0 Å². The zero-order chi connectivity index (χ0) is 43.5. The number of aliphatic hydroxyl groups excluding tert-OH is 9. The molecule has 9 aliphatic rings. The molecule has 0 aromatic heterocycles. The highest BCUT2D eigenvalue weighted by atomic mass is 16.8. The summed E-state index contributed by atoms with van der Waals surface area (Å²) in [5.41, 5.74) is 0.542. The number of rotatable bonds is 7. The fourth-order valence-corrected chi connectivity index (χ4v) is 13.8. The van der Waals surface area contributed by atoms with Crippen molar-refractivity contribution in [1.29, 1.82) is 0 Å². The molecule has 9 rings (SSSR count).